The Bertz CT molecular complexity index is 1120. The van der Waals surface area contributed by atoms with Crippen molar-refractivity contribution in [2.75, 3.05) is 25.7 Å². The van der Waals surface area contributed by atoms with Gasteiger partial charge in [0.05, 0.1) is 7.11 Å². The standard InChI is InChI=1S/C23H23NO6/c1-15-18-10-9-17(28-3)13-20(18)30-23(27)19(15)11-12-22(26)29-14-21(25)24(2)16-7-5-4-6-8-16/h4-10,13H,11-12,14H2,1-3H3. The molecule has 1 amide bonds. The molecule has 3 aromatic rings. The Morgan fingerprint density at radius 2 is 1.83 bits per heavy atom. The highest BCUT2D eigenvalue weighted by molar-refractivity contribution is 5.94. The van der Waals surface area contributed by atoms with E-state index in [0.29, 0.717) is 22.6 Å². The fourth-order valence-electron chi connectivity index (χ4n) is 3.12. The van der Waals surface area contributed by atoms with E-state index in [1.165, 1.54) is 12.0 Å². The lowest BCUT2D eigenvalue weighted by Crippen LogP contribution is -2.31. The van der Waals surface area contributed by atoms with Gasteiger partial charge in [-0.2, -0.15) is 0 Å². The summed E-state index contributed by atoms with van der Waals surface area (Å²) in [7, 11) is 3.15. The summed E-state index contributed by atoms with van der Waals surface area (Å²) < 4.78 is 15.6. The van der Waals surface area contributed by atoms with Crippen LogP contribution in [0, 0.1) is 6.92 Å². The molecule has 0 spiro atoms. The maximum Gasteiger partial charge on any atom is 0.339 e. The molecule has 0 N–H and O–H groups in total. The van der Waals surface area contributed by atoms with Gasteiger partial charge in [0.25, 0.3) is 5.91 Å². The van der Waals surface area contributed by atoms with Crippen molar-refractivity contribution < 1.29 is 23.5 Å². The molecule has 0 radical (unpaired) electrons. The van der Waals surface area contributed by atoms with E-state index in [2.05, 4.69) is 0 Å². The van der Waals surface area contributed by atoms with Crippen LogP contribution in [-0.2, 0) is 20.7 Å². The number of hydrogen-bond acceptors (Lipinski definition) is 6. The summed E-state index contributed by atoms with van der Waals surface area (Å²) in [5.41, 5.74) is 1.80. The van der Waals surface area contributed by atoms with E-state index in [-0.39, 0.29) is 25.4 Å². The highest BCUT2D eigenvalue weighted by Crippen LogP contribution is 2.24. The molecule has 0 bridgehead atoms. The first-order valence-corrected chi connectivity index (χ1v) is 9.48. The molecule has 30 heavy (non-hydrogen) atoms. The number of nitrogens with zero attached hydrogens (tertiary/aromatic N) is 1. The average molecular weight is 409 g/mol. The normalized spacial score (nSPS) is 10.6. The number of methoxy groups -OCH3 is 1. The largest absolute Gasteiger partial charge is 0.497 e. The van der Waals surface area contributed by atoms with Gasteiger partial charge in [-0.05, 0) is 43.2 Å². The molecule has 7 nitrogen and oxygen atoms in total. The topological polar surface area (TPSA) is 86.0 Å². The van der Waals surface area contributed by atoms with Gasteiger partial charge in [-0.25, -0.2) is 4.79 Å². The molecule has 3 rings (SSSR count). The summed E-state index contributed by atoms with van der Waals surface area (Å²) in [6.45, 7) is 1.44. The van der Waals surface area contributed by atoms with Gasteiger partial charge >= 0.3 is 11.6 Å². The molecule has 0 saturated carbocycles. The monoisotopic (exact) mass is 409 g/mol. The molecule has 0 atom stereocenters. The van der Waals surface area contributed by atoms with Crippen molar-refractivity contribution in [2.45, 2.75) is 19.8 Å². The van der Waals surface area contributed by atoms with E-state index in [9.17, 15) is 14.4 Å². The molecule has 0 aliphatic carbocycles. The fourth-order valence-corrected chi connectivity index (χ4v) is 3.12. The van der Waals surface area contributed by atoms with Crippen LogP contribution in [0.25, 0.3) is 11.0 Å². The number of esters is 1. The number of rotatable bonds is 7. The second-order valence-corrected chi connectivity index (χ2v) is 6.80. The molecule has 7 heteroatoms. The molecule has 1 heterocycles. The molecule has 156 valence electrons. The van der Waals surface area contributed by atoms with Crippen LogP contribution in [0.5, 0.6) is 5.75 Å². The van der Waals surface area contributed by atoms with Crippen molar-refractivity contribution in [2.24, 2.45) is 0 Å². The van der Waals surface area contributed by atoms with Gasteiger partial charge in [0.2, 0.25) is 0 Å². The van der Waals surface area contributed by atoms with Gasteiger partial charge < -0.3 is 18.8 Å². The number of para-hydroxylation sites is 1. The summed E-state index contributed by atoms with van der Waals surface area (Å²) >= 11 is 0. The van der Waals surface area contributed by atoms with Gasteiger partial charge in [-0.15, -0.1) is 0 Å². The number of ether oxygens (including phenoxy) is 2. The lowest BCUT2D eigenvalue weighted by Gasteiger charge is -2.17. The van der Waals surface area contributed by atoms with Gasteiger partial charge in [0, 0.05) is 36.2 Å². The zero-order valence-corrected chi connectivity index (χ0v) is 17.1. The van der Waals surface area contributed by atoms with E-state index < -0.39 is 11.6 Å². The van der Waals surface area contributed by atoms with Crippen LogP contribution in [0.2, 0.25) is 0 Å². The molecular weight excluding hydrogens is 386 g/mol. The van der Waals surface area contributed by atoms with Gasteiger partial charge in [-0.3, -0.25) is 9.59 Å². The van der Waals surface area contributed by atoms with E-state index in [0.717, 1.165) is 10.9 Å². The second-order valence-electron chi connectivity index (χ2n) is 6.80. The Morgan fingerprint density at radius 3 is 2.53 bits per heavy atom. The summed E-state index contributed by atoms with van der Waals surface area (Å²) in [6, 6.07) is 14.3. The van der Waals surface area contributed by atoms with Crippen molar-refractivity contribution in [1.29, 1.82) is 0 Å². The first-order chi connectivity index (χ1) is 14.4. The van der Waals surface area contributed by atoms with Crippen molar-refractivity contribution in [1.82, 2.24) is 0 Å². The highest BCUT2D eigenvalue weighted by Gasteiger charge is 2.16. The molecule has 0 fully saturated rings. The number of anilines is 1. The van der Waals surface area contributed by atoms with Crippen molar-refractivity contribution in [3.05, 3.63) is 70.1 Å². The van der Waals surface area contributed by atoms with E-state index >= 15 is 0 Å². The Labute approximate surface area is 173 Å². The summed E-state index contributed by atoms with van der Waals surface area (Å²) in [4.78, 5) is 38.1. The second kappa shape index (κ2) is 9.26. The van der Waals surface area contributed by atoms with Gasteiger partial charge in [0.15, 0.2) is 6.61 Å². The fraction of sp³-hybridized carbons (Fsp3) is 0.261. The van der Waals surface area contributed by atoms with E-state index in [4.69, 9.17) is 13.9 Å². The highest BCUT2D eigenvalue weighted by atomic mass is 16.5. The molecule has 2 aromatic carbocycles. The molecular formula is C23H23NO6. The maximum absolute atomic E-state index is 12.4. The summed E-state index contributed by atoms with van der Waals surface area (Å²) in [5.74, 6) is -0.310. The smallest absolute Gasteiger partial charge is 0.339 e. The van der Waals surface area contributed by atoms with Crippen LogP contribution in [0.15, 0.2) is 57.7 Å². The average Bonchev–Trinajstić information content (AvgIpc) is 2.76. The minimum atomic E-state index is -0.557. The lowest BCUT2D eigenvalue weighted by atomic mass is 10.0. The Hall–Kier alpha value is -3.61. The number of carbonyl (C=O) groups is 2. The quantitative estimate of drug-likeness (QED) is 0.440. The molecule has 0 saturated heterocycles. The maximum atomic E-state index is 12.4. The number of hydrogen-bond donors (Lipinski definition) is 0. The van der Waals surface area contributed by atoms with Crippen molar-refractivity contribution >= 4 is 28.5 Å². The molecule has 0 unspecified atom stereocenters. The number of benzene rings is 2. The van der Waals surface area contributed by atoms with Crippen LogP contribution < -0.4 is 15.3 Å². The minimum Gasteiger partial charge on any atom is -0.497 e. The minimum absolute atomic E-state index is 0.0322. The number of fused-ring (bicyclic) bond motifs is 1. The summed E-state index contributed by atoms with van der Waals surface area (Å²) in [6.07, 6.45) is 0.132. The van der Waals surface area contributed by atoms with Crippen molar-refractivity contribution in [3.63, 3.8) is 0 Å². The van der Waals surface area contributed by atoms with Crippen LogP contribution in [0.4, 0.5) is 5.69 Å². The van der Waals surface area contributed by atoms with Gasteiger partial charge in [-0.1, -0.05) is 18.2 Å². The predicted octanol–water partition coefficient (Wildman–Crippen LogP) is 3.25. The number of amides is 1. The van der Waals surface area contributed by atoms with Crippen LogP contribution in [0.3, 0.4) is 0 Å². The van der Waals surface area contributed by atoms with E-state index in [1.54, 1.807) is 31.3 Å². The molecule has 1 aromatic heterocycles. The Kier molecular flexibility index (Phi) is 6.51. The third-order valence-electron chi connectivity index (χ3n) is 4.95. The Balaban J connectivity index is 1.61. The van der Waals surface area contributed by atoms with Crippen LogP contribution in [-0.4, -0.2) is 32.6 Å². The van der Waals surface area contributed by atoms with E-state index in [1.807, 2.05) is 31.2 Å². The number of aryl methyl sites for hydroxylation is 1. The van der Waals surface area contributed by atoms with Gasteiger partial charge in [0.1, 0.15) is 11.3 Å². The zero-order chi connectivity index (χ0) is 21.7. The SMILES string of the molecule is COc1ccc2c(C)c(CCC(=O)OCC(=O)N(C)c3ccccc3)c(=O)oc2c1. The Morgan fingerprint density at radius 1 is 1.10 bits per heavy atom. The predicted molar refractivity (Wildman–Crippen MR) is 113 cm³/mol. The number of carbonyl (C=O) groups excluding carboxylic acids is 2. The third kappa shape index (κ3) is 4.68. The third-order valence-corrected chi connectivity index (χ3v) is 4.95. The molecule has 0 aliphatic rings. The zero-order valence-electron chi connectivity index (χ0n) is 17.1. The van der Waals surface area contributed by atoms with Crippen molar-refractivity contribution in [3.8, 4) is 5.75 Å². The lowest BCUT2D eigenvalue weighted by molar-refractivity contribution is -0.147. The van der Waals surface area contributed by atoms with Crippen LogP contribution >= 0.6 is 0 Å². The first-order valence-electron chi connectivity index (χ1n) is 9.48. The first kappa shape index (κ1) is 21.1. The molecule has 0 aliphatic heterocycles. The summed E-state index contributed by atoms with van der Waals surface area (Å²) in [5, 5.41) is 0.776. The number of likely N-dealkylation sites (N-methyl/N-ethyl adjacent to an activating group) is 1. The van der Waals surface area contributed by atoms with Crippen LogP contribution in [0.1, 0.15) is 17.5 Å².